The van der Waals surface area contributed by atoms with Gasteiger partial charge in [-0.2, -0.15) is 0 Å². The number of aromatic nitrogens is 2. The summed E-state index contributed by atoms with van der Waals surface area (Å²) in [4.78, 5) is 20.8. The van der Waals surface area contributed by atoms with E-state index in [0.717, 1.165) is 5.52 Å². The van der Waals surface area contributed by atoms with Gasteiger partial charge in [-0.15, -0.1) is 0 Å². The lowest BCUT2D eigenvalue weighted by molar-refractivity contribution is -0.0172. The van der Waals surface area contributed by atoms with E-state index in [-0.39, 0.29) is 24.2 Å². The summed E-state index contributed by atoms with van der Waals surface area (Å²) in [6, 6.07) is 10.2. The Labute approximate surface area is 149 Å². The SMILES string of the molecule is O=C(NCCc1cc(F)cc2c1OCOC2)c1cnc2ccccc2n1. The maximum Gasteiger partial charge on any atom is 0.271 e. The Morgan fingerprint density at radius 1 is 1.23 bits per heavy atom. The largest absolute Gasteiger partial charge is 0.467 e. The van der Waals surface area contributed by atoms with E-state index in [1.54, 1.807) is 6.07 Å². The van der Waals surface area contributed by atoms with Crippen molar-refractivity contribution in [3.05, 3.63) is 65.2 Å². The van der Waals surface area contributed by atoms with E-state index in [9.17, 15) is 9.18 Å². The van der Waals surface area contributed by atoms with Gasteiger partial charge in [0.1, 0.15) is 17.3 Å². The quantitative estimate of drug-likeness (QED) is 0.780. The van der Waals surface area contributed by atoms with Gasteiger partial charge >= 0.3 is 0 Å². The second-order valence-corrected chi connectivity index (χ2v) is 5.91. The van der Waals surface area contributed by atoms with E-state index >= 15 is 0 Å². The van der Waals surface area contributed by atoms with Crippen LogP contribution in [-0.2, 0) is 17.8 Å². The molecule has 0 unspecified atom stereocenters. The van der Waals surface area contributed by atoms with Crippen molar-refractivity contribution < 1.29 is 18.7 Å². The van der Waals surface area contributed by atoms with Crippen molar-refractivity contribution >= 4 is 16.9 Å². The molecule has 0 saturated carbocycles. The van der Waals surface area contributed by atoms with Gasteiger partial charge in [-0.1, -0.05) is 12.1 Å². The van der Waals surface area contributed by atoms with Crippen LogP contribution < -0.4 is 10.1 Å². The second kappa shape index (κ2) is 7.05. The van der Waals surface area contributed by atoms with Crippen LogP contribution in [0.2, 0.25) is 0 Å². The Morgan fingerprint density at radius 2 is 2.08 bits per heavy atom. The predicted octanol–water partition coefficient (Wildman–Crippen LogP) is 2.61. The van der Waals surface area contributed by atoms with Crippen LogP contribution in [0.25, 0.3) is 11.0 Å². The lowest BCUT2D eigenvalue weighted by Gasteiger charge is -2.20. The first-order valence-electron chi connectivity index (χ1n) is 8.22. The zero-order chi connectivity index (χ0) is 17.9. The van der Waals surface area contributed by atoms with Crippen molar-refractivity contribution in [2.75, 3.05) is 13.3 Å². The van der Waals surface area contributed by atoms with Crippen LogP contribution in [-0.4, -0.2) is 29.2 Å². The standard InChI is InChI=1S/C19H16FN3O3/c20-14-7-12(18-13(8-14)10-25-11-26-18)5-6-21-19(24)17-9-22-15-3-1-2-4-16(15)23-17/h1-4,7-9H,5-6,10-11H2,(H,21,24). The molecule has 132 valence electrons. The Hall–Kier alpha value is -3.06. The molecule has 2 aromatic carbocycles. The fourth-order valence-corrected chi connectivity index (χ4v) is 2.91. The summed E-state index contributed by atoms with van der Waals surface area (Å²) in [5.41, 5.74) is 3.02. The van der Waals surface area contributed by atoms with E-state index in [1.165, 1.54) is 18.3 Å². The summed E-state index contributed by atoms with van der Waals surface area (Å²) in [7, 11) is 0. The lowest BCUT2D eigenvalue weighted by Crippen LogP contribution is -2.27. The molecule has 0 bridgehead atoms. The van der Waals surface area contributed by atoms with Crippen molar-refractivity contribution in [2.24, 2.45) is 0 Å². The average Bonchev–Trinajstić information content (AvgIpc) is 2.67. The smallest absolute Gasteiger partial charge is 0.271 e. The van der Waals surface area contributed by atoms with Gasteiger partial charge in [-0.25, -0.2) is 9.37 Å². The average molecular weight is 353 g/mol. The normalized spacial score (nSPS) is 13.1. The van der Waals surface area contributed by atoms with Crippen LogP contribution in [0.15, 0.2) is 42.6 Å². The number of nitrogens with one attached hydrogen (secondary N) is 1. The Balaban J connectivity index is 1.44. The van der Waals surface area contributed by atoms with Crippen LogP contribution in [0.4, 0.5) is 4.39 Å². The molecular formula is C19H16FN3O3. The van der Waals surface area contributed by atoms with E-state index in [2.05, 4.69) is 15.3 Å². The maximum absolute atomic E-state index is 13.7. The number of nitrogens with zero attached hydrogens (tertiary/aromatic N) is 2. The molecule has 1 aromatic heterocycles. The molecule has 4 rings (SSSR count). The van der Waals surface area contributed by atoms with Crippen LogP contribution in [0.5, 0.6) is 5.75 Å². The van der Waals surface area contributed by atoms with Crippen molar-refractivity contribution in [1.29, 1.82) is 0 Å². The molecule has 26 heavy (non-hydrogen) atoms. The molecule has 0 atom stereocenters. The number of ether oxygens (including phenoxy) is 2. The summed E-state index contributed by atoms with van der Waals surface area (Å²) in [5.74, 6) is -0.0326. The molecule has 6 nitrogen and oxygen atoms in total. The summed E-state index contributed by atoms with van der Waals surface area (Å²) >= 11 is 0. The Kier molecular flexibility index (Phi) is 4.45. The number of carbonyl (C=O) groups is 1. The third kappa shape index (κ3) is 3.34. The highest BCUT2D eigenvalue weighted by molar-refractivity contribution is 5.93. The van der Waals surface area contributed by atoms with Crippen LogP contribution in [0.1, 0.15) is 21.6 Å². The predicted molar refractivity (Wildman–Crippen MR) is 92.3 cm³/mol. The number of benzene rings is 2. The molecule has 0 spiro atoms. The highest BCUT2D eigenvalue weighted by Crippen LogP contribution is 2.29. The molecule has 0 radical (unpaired) electrons. The summed E-state index contributed by atoms with van der Waals surface area (Å²) in [6.45, 7) is 0.789. The molecule has 0 aliphatic carbocycles. The number of hydrogen-bond acceptors (Lipinski definition) is 5. The number of rotatable bonds is 4. The zero-order valence-electron chi connectivity index (χ0n) is 13.9. The highest BCUT2D eigenvalue weighted by Gasteiger charge is 2.17. The van der Waals surface area contributed by atoms with Gasteiger partial charge in [0.2, 0.25) is 0 Å². The fourth-order valence-electron chi connectivity index (χ4n) is 2.91. The minimum atomic E-state index is -0.348. The molecule has 1 amide bonds. The van der Waals surface area contributed by atoms with E-state index < -0.39 is 0 Å². The third-order valence-corrected chi connectivity index (χ3v) is 4.11. The molecule has 1 N–H and O–H groups in total. The van der Waals surface area contributed by atoms with Gasteiger partial charge in [-0.05, 0) is 36.2 Å². The van der Waals surface area contributed by atoms with E-state index in [4.69, 9.17) is 9.47 Å². The van der Waals surface area contributed by atoms with Crippen LogP contribution in [0, 0.1) is 5.82 Å². The minimum absolute atomic E-state index is 0.144. The second-order valence-electron chi connectivity index (χ2n) is 5.91. The number of amides is 1. The molecule has 2 heterocycles. The van der Waals surface area contributed by atoms with Gasteiger partial charge in [0.05, 0.1) is 23.8 Å². The van der Waals surface area contributed by atoms with Crippen molar-refractivity contribution in [3.63, 3.8) is 0 Å². The summed E-state index contributed by atoms with van der Waals surface area (Å²) in [6.07, 6.45) is 1.88. The van der Waals surface area contributed by atoms with E-state index in [1.807, 2.05) is 18.2 Å². The molecule has 0 saturated heterocycles. The first kappa shape index (κ1) is 16.4. The lowest BCUT2D eigenvalue weighted by atomic mass is 10.1. The van der Waals surface area contributed by atoms with Gasteiger partial charge in [0, 0.05) is 12.1 Å². The molecule has 1 aliphatic rings. The Bertz CT molecular complexity index is 977. The van der Waals surface area contributed by atoms with Crippen molar-refractivity contribution in [2.45, 2.75) is 13.0 Å². The molecule has 1 aliphatic heterocycles. The van der Waals surface area contributed by atoms with E-state index in [0.29, 0.717) is 42.0 Å². The van der Waals surface area contributed by atoms with Gasteiger partial charge in [0.25, 0.3) is 5.91 Å². The van der Waals surface area contributed by atoms with Crippen LogP contribution in [0.3, 0.4) is 0 Å². The van der Waals surface area contributed by atoms with Gasteiger partial charge in [0.15, 0.2) is 6.79 Å². The number of halogens is 1. The molecule has 3 aromatic rings. The van der Waals surface area contributed by atoms with Crippen molar-refractivity contribution in [1.82, 2.24) is 15.3 Å². The van der Waals surface area contributed by atoms with Crippen LogP contribution >= 0.6 is 0 Å². The molecule has 0 fully saturated rings. The first-order valence-corrected chi connectivity index (χ1v) is 8.22. The summed E-state index contributed by atoms with van der Waals surface area (Å²) in [5, 5.41) is 2.79. The number of para-hydroxylation sites is 2. The Morgan fingerprint density at radius 3 is 2.96 bits per heavy atom. The fraction of sp³-hybridized carbons (Fsp3) is 0.211. The first-order chi connectivity index (χ1) is 12.7. The highest BCUT2D eigenvalue weighted by atomic mass is 19.1. The summed E-state index contributed by atoms with van der Waals surface area (Å²) < 4.78 is 24.4. The molecular weight excluding hydrogens is 337 g/mol. The minimum Gasteiger partial charge on any atom is -0.467 e. The monoisotopic (exact) mass is 353 g/mol. The van der Waals surface area contributed by atoms with Crippen molar-refractivity contribution in [3.8, 4) is 5.75 Å². The number of carbonyl (C=O) groups excluding carboxylic acids is 1. The number of fused-ring (bicyclic) bond motifs is 2. The molecule has 7 heteroatoms. The maximum atomic E-state index is 13.7. The van der Waals surface area contributed by atoms with Gasteiger partial charge in [-0.3, -0.25) is 9.78 Å². The van der Waals surface area contributed by atoms with Gasteiger partial charge < -0.3 is 14.8 Å². The third-order valence-electron chi connectivity index (χ3n) is 4.11. The number of hydrogen-bond donors (Lipinski definition) is 1. The topological polar surface area (TPSA) is 73.3 Å². The zero-order valence-corrected chi connectivity index (χ0v) is 13.9.